The van der Waals surface area contributed by atoms with Crippen LogP contribution in [-0.4, -0.2) is 17.3 Å². The van der Waals surface area contributed by atoms with Crippen molar-refractivity contribution in [3.8, 4) is 0 Å². The van der Waals surface area contributed by atoms with Crippen LogP contribution in [-0.2, 0) is 6.42 Å². The van der Waals surface area contributed by atoms with E-state index >= 15 is 0 Å². The van der Waals surface area contributed by atoms with E-state index in [1.54, 1.807) is 19.1 Å². The average Bonchev–Trinajstić information content (AvgIpc) is 2.37. The number of anilines is 1. The van der Waals surface area contributed by atoms with Gasteiger partial charge in [-0.1, -0.05) is 12.1 Å². The van der Waals surface area contributed by atoms with E-state index in [1.165, 1.54) is 24.3 Å². The van der Waals surface area contributed by atoms with E-state index in [0.29, 0.717) is 12.1 Å². The van der Waals surface area contributed by atoms with Crippen LogP contribution in [0.25, 0.3) is 0 Å². The zero-order valence-corrected chi connectivity index (χ0v) is 12.2. The highest BCUT2D eigenvalue weighted by atomic mass is 19.1. The summed E-state index contributed by atoms with van der Waals surface area (Å²) in [7, 11) is 0. The fraction of sp³-hybridized carbons (Fsp3) is 0.294. The predicted molar refractivity (Wildman–Crippen MR) is 80.4 cm³/mol. The van der Waals surface area contributed by atoms with Gasteiger partial charge in [-0.3, -0.25) is 0 Å². The van der Waals surface area contributed by atoms with Crippen molar-refractivity contribution < 1.29 is 13.9 Å². The van der Waals surface area contributed by atoms with Gasteiger partial charge in [-0.25, -0.2) is 8.78 Å². The number of benzene rings is 2. The van der Waals surface area contributed by atoms with Crippen LogP contribution in [0, 0.1) is 18.6 Å². The lowest BCUT2D eigenvalue weighted by Crippen LogP contribution is -2.41. The van der Waals surface area contributed by atoms with E-state index in [4.69, 9.17) is 0 Å². The molecule has 0 saturated heterocycles. The quantitative estimate of drug-likeness (QED) is 0.881. The van der Waals surface area contributed by atoms with Gasteiger partial charge in [-0.05, 0) is 61.7 Å². The highest BCUT2D eigenvalue weighted by Crippen LogP contribution is 2.22. The molecule has 0 radical (unpaired) electrons. The highest BCUT2D eigenvalue weighted by molar-refractivity contribution is 5.48. The molecule has 0 amide bonds. The van der Waals surface area contributed by atoms with Crippen LogP contribution in [0.3, 0.4) is 0 Å². The molecular weight excluding hydrogens is 272 g/mol. The molecule has 4 heteroatoms. The Morgan fingerprint density at radius 3 is 2.48 bits per heavy atom. The molecule has 21 heavy (non-hydrogen) atoms. The third-order valence-electron chi connectivity index (χ3n) is 3.32. The summed E-state index contributed by atoms with van der Waals surface area (Å²) in [5, 5.41) is 12.8. The van der Waals surface area contributed by atoms with Crippen LogP contribution in [0.1, 0.15) is 18.1 Å². The van der Waals surface area contributed by atoms with Gasteiger partial charge in [0.15, 0.2) is 0 Å². The summed E-state index contributed by atoms with van der Waals surface area (Å²) < 4.78 is 26.7. The molecule has 2 aromatic carbocycles. The lowest BCUT2D eigenvalue weighted by atomic mass is 9.93. The number of halogens is 2. The van der Waals surface area contributed by atoms with E-state index in [-0.39, 0.29) is 18.2 Å². The molecule has 0 aliphatic rings. The van der Waals surface area contributed by atoms with E-state index in [0.717, 1.165) is 11.1 Å². The summed E-state index contributed by atoms with van der Waals surface area (Å²) in [6.07, 6.45) is 0.427. The molecule has 0 spiro atoms. The molecule has 112 valence electrons. The number of nitrogens with one attached hydrogen (secondary N) is 1. The summed E-state index contributed by atoms with van der Waals surface area (Å²) in [6, 6.07) is 10.9. The third-order valence-corrected chi connectivity index (χ3v) is 3.32. The molecule has 0 saturated carbocycles. The van der Waals surface area contributed by atoms with Crippen molar-refractivity contribution in [1.82, 2.24) is 0 Å². The Balaban J connectivity index is 2.20. The number of aliphatic hydroxyl groups is 1. The molecule has 0 fully saturated rings. The van der Waals surface area contributed by atoms with Gasteiger partial charge in [0.1, 0.15) is 11.6 Å². The first kappa shape index (κ1) is 15.4. The standard InChI is InChI=1S/C17H19F2NO/c1-12-6-15(19)9-16(7-12)20-17(2,11-21)10-13-4-3-5-14(18)8-13/h3-9,20-21H,10-11H2,1-2H3. The van der Waals surface area contributed by atoms with Crippen LogP contribution in [0.5, 0.6) is 0 Å². The Morgan fingerprint density at radius 1 is 1.10 bits per heavy atom. The number of aliphatic hydroxyl groups excluding tert-OH is 1. The molecule has 2 rings (SSSR count). The third kappa shape index (κ3) is 4.26. The highest BCUT2D eigenvalue weighted by Gasteiger charge is 2.24. The van der Waals surface area contributed by atoms with Crippen molar-refractivity contribution in [2.24, 2.45) is 0 Å². The van der Waals surface area contributed by atoms with E-state index in [2.05, 4.69) is 5.32 Å². The average molecular weight is 291 g/mol. The molecule has 0 aromatic heterocycles. The van der Waals surface area contributed by atoms with Crippen LogP contribution >= 0.6 is 0 Å². The first-order chi connectivity index (χ1) is 9.90. The second-order valence-electron chi connectivity index (χ2n) is 5.67. The molecule has 0 heterocycles. The van der Waals surface area contributed by atoms with Gasteiger partial charge in [-0.2, -0.15) is 0 Å². The summed E-state index contributed by atoms with van der Waals surface area (Å²) in [6.45, 7) is 3.47. The van der Waals surface area contributed by atoms with Gasteiger partial charge in [0.05, 0.1) is 12.1 Å². The number of rotatable bonds is 5. The number of hydrogen-bond donors (Lipinski definition) is 2. The van der Waals surface area contributed by atoms with Crippen LogP contribution in [0.4, 0.5) is 14.5 Å². The van der Waals surface area contributed by atoms with Gasteiger partial charge in [-0.15, -0.1) is 0 Å². The van der Waals surface area contributed by atoms with Crippen molar-refractivity contribution in [2.45, 2.75) is 25.8 Å². The van der Waals surface area contributed by atoms with E-state index in [1.807, 2.05) is 13.0 Å². The minimum absolute atomic E-state index is 0.154. The minimum Gasteiger partial charge on any atom is -0.394 e. The maximum atomic E-state index is 13.4. The Bertz CT molecular complexity index is 610. The Labute approximate surface area is 123 Å². The van der Waals surface area contributed by atoms with Gasteiger partial charge in [0.25, 0.3) is 0 Å². The fourth-order valence-electron chi connectivity index (χ4n) is 2.39. The molecule has 0 aliphatic carbocycles. The smallest absolute Gasteiger partial charge is 0.125 e. The maximum absolute atomic E-state index is 13.4. The predicted octanol–water partition coefficient (Wildman–Crippen LogP) is 3.68. The van der Waals surface area contributed by atoms with Gasteiger partial charge >= 0.3 is 0 Å². The molecule has 0 aliphatic heterocycles. The second kappa shape index (κ2) is 6.22. The largest absolute Gasteiger partial charge is 0.394 e. The lowest BCUT2D eigenvalue weighted by molar-refractivity contribution is 0.222. The number of aryl methyl sites for hydroxylation is 1. The molecule has 0 bridgehead atoms. The van der Waals surface area contributed by atoms with Crippen molar-refractivity contribution in [3.05, 3.63) is 65.2 Å². The van der Waals surface area contributed by atoms with Crippen molar-refractivity contribution in [2.75, 3.05) is 11.9 Å². The topological polar surface area (TPSA) is 32.3 Å². The zero-order valence-electron chi connectivity index (χ0n) is 12.2. The molecule has 2 N–H and O–H groups in total. The Hall–Kier alpha value is -1.94. The SMILES string of the molecule is Cc1cc(F)cc(NC(C)(CO)Cc2cccc(F)c2)c1. The fourth-order valence-corrected chi connectivity index (χ4v) is 2.39. The van der Waals surface area contributed by atoms with Crippen molar-refractivity contribution in [1.29, 1.82) is 0 Å². The van der Waals surface area contributed by atoms with Crippen LogP contribution < -0.4 is 5.32 Å². The van der Waals surface area contributed by atoms with E-state index in [9.17, 15) is 13.9 Å². The molecule has 2 aromatic rings. The summed E-state index contributed by atoms with van der Waals surface area (Å²) >= 11 is 0. The second-order valence-corrected chi connectivity index (χ2v) is 5.67. The van der Waals surface area contributed by atoms with Crippen LogP contribution in [0.2, 0.25) is 0 Å². The summed E-state index contributed by atoms with van der Waals surface area (Å²) in [4.78, 5) is 0. The first-order valence-electron chi connectivity index (χ1n) is 6.81. The summed E-state index contributed by atoms with van der Waals surface area (Å²) in [5.41, 5.74) is 1.46. The summed E-state index contributed by atoms with van der Waals surface area (Å²) in [5.74, 6) is -0.641. The molecular formula is C17H19F2NO. The van der Waals surface area contributed by atoms with Gasteiger partial charge < -0.3 is 10.4 Å². The Kier molecular flexibility index (Phi) is 4.58. The zero-order chi connectivity index (χ0) is 15.5. The minimum atomic E-state index is -0.700. The van der Waals surface area contributed by atoms with Gasteiger partial charge in [0.2, 0.25) is 0 Å². The lowest BCUT2D eigenvalue weighted by Gasteiger charge is -2.30. The van der Waals surface area contributed by atoms with Crippen molar-refractivity contribution >= 4 is 5.69 Å². The Morgan fingerprint density at radius 2 is 1.86 bits per heavy atom. The normalized spacial score (nSPS) is 13.8. The van der Waals surface area contributed by atoms with Gasteiger partial charge in [0, 0.05) is 5.69 Å². The van der Waals surface area contributed by atoms with E-state index < -0.39 is 5.54 Å². The maximum Gasteiger partial charge on any atom is 0.125 e. The monoisotopic (exact) mass is 291 g/mol. The van der Waals surface area contributed by atoms with Crippen molar-refractivity contribution in [3.63, 3.8) is 0 Å². The molecule has 1 atom stereocenters. The molecule has 2 nitrogen and oxygen atoms in total. The first-order valence-corrected chi connectivity index (χ1v) is 6.81. The molecule has 1 unspecified atom stereocenters. The van der Waals surface area contributed by atoms with Crippen LogP contribution in [0.15, 0.2) is 42.5 Å². The number of hydrogen-bond acceptors (Lipinski definition) is 2.